The Labute approximate surface area is 126 Å². The molecule has 1 aromatic heterocycles. The molecule has 2 bridgehead atoms. The van der Waals surface area contributed by atoms with E-state index in [1.165, 1.54) is 30.3 Å². The Balaban J connectivity index is 1.45. The molecule has 21 heavy (non-hydrogen) atoms. The van der Waals surface area contributed by atoms with Gasteiger partial charge in [-0.05, 0) is 36.3 Å². The highest BCUT2D eigenvalue weighted by atomic mass is 16.3. The van der Waals surface area contributed by atoms with Crippen molar-refractivity contribution < 1.29 is 4.42 Å². The fourth-order valence-corrected chi connectivity index (χ4v) is 4.10. The predicted molar refractivity (Wildman–Crippen MR) is 86.3 cm³/mol. The molecule has 110 valence electrons. The van der Waals surface area contributed by atoms with Crippen molar-refractivity contribution in [2.75, 3.05) is 13.1 Å². The van der Waals surface area contributed by atoms with Gasteiger partial charge in [0.2, 0.25) is 0 Å². The Morgan fingerprint density at radius 2 is 2.14 bits per heavy atom. The fraction of sp³-hybridized carbons (Fsp3) is 0.474. The largest absolute Gasteiger partial charge is 0.464 e. The highest BCUT2D eigenvalue weighted by Crippen LogP contribution is 2.36. The second-order valence-electron chi connectivity index (χ2n) is 6.52. The molecule has 2 aromatic rings. The lowest BCUT2D eigenvalue weighted by Crippen LogP contribution is -2.49. The van der Waals surface area contributed by atoms with Crippen LogP contribution in [0, 0.1) is 11.8 Å². The number of piperidine rings is 1. The van der Waals surface area contributed by atoms with Gasteiger partial charge in [0, 0.05) is 24.5 Å². The SMILES string of the molecule is CC[C@@H]1CC2C=CC1CN2CCc1coc2ccccc12. The van der Waals surface area contributed by atoms with E-state index in [9.17, 15) is 0 Å². The van der Waals surface area contributed by atoms with Crippen molar-refractivity contribution in [1.29, 1.82) is 0 Å². The zero-order chi connectivity index (χ0) is 14.2. The third-order valence-corrected chi connectivity index (χ3v) is 5.40. The summed E-state index contributed by atoms with van der Waals surface area (Å²) in [7, 11) is 0. The Bertz CT molecular complexity index is 656. The maximum absolute atomic E-state index is 5.65. The topological polar surface area (TPSA) is 16.4 Å². The normalized spacial score (nSPS) is 28.5. The summed E-state index contributed by atoms with van der Waals surface area (Å²) < 4.78 is 5.65. The van der Waals surface area contributed by atoms with Crippen LogP contribution in [-0.4, -0.2) is 24.0 Å². The molecule has 3 aliphatic rings. The maximum Gasteiger partial charge on any atom is 0.134 e. The summed E-state index contributed by atoms with van der Waals surface area (Å²) in [6.45, 7) is 4.72. The Hall–Kier alpha value is -1.54. The Kier molecular flexibility index (Phi) is 3.34. The van der Waals surface area contributed by atoms with Crippen LogP contribution in [-0.2, 0) is 6.42 Å². The summed E-state index contributed by atoms with van der Waals surface area (Å²) in [6.07, 6.45) is 10.6. The highest BCUT2D eigenvalue weighted by Gasteiger charge is 2.35. The third-order valence-electron chi connectivity index (χ3n) is 5.40. The van der Waals surface area contributed by atoms with Crippen molar-refractivity contribution in [2.24, 2.45) is 11.8 Å². The molecule has 0 N–H and O–H groups in total. The molecule has 1 fully saturated rings. The summed E-state index contributed by atoms with van der Waals surface area (Å²) in [4.78, 5) is 2.67. The molecule has 0 radical (unpaired) electrons. The van der Waals surface area contributed by atoms with Crippen LogP contribution in [0.5, 0.6) is 0 Å². The Morgan fingerprint density at radius 1 is 1.24 bits per heavy atom. The van der Waals surface area contributed by atoms with E-state index < -0.39 is 0 Å². The minimum absolute atomic E-state index is 0.665. The second-order valence-corrected chi connectivity index (χ2v) is 6.52. The van der Waals surface area contributed by atoms with Gasteiger partial charge in [-0.3, -0.25) is 4.90 Å². The molecule has 0 spiro atoms. The molecule has 3 atom stereocenters. The molecular weight excluding hydrogens is 258 g/mol. The molecule has 2 unspecified atom stereocenters. The first-order chi connectivity index (χ1) is 10.3. The standard InChI is InChI=1S/C19H23NO/c1-2-14-11-17-8-7-15(14)12-20(17)10-9-16-13-21-19-6-4-3-5-18(16)19/h3-8,13-15,17H,2,9-12H2,1H3/t14-,15?,17?/m1/s1. The number of hydrogen-bond acceptors (Lipinski definition) is 2. The van der Waals surface area contributed by atoms with Crippen LogP contribution in [0.1, 0.15) is 25.3 Å². The van der Waals surface area contributed by atoms with Crippen LogP contribution in [0.4, 0.5) is 0 Å². The summed E-state index contributed by atoms with van der Waals surface area (Å²) in [5, 5.41) is 1.28. The van der Waals surface area contributed by atoms with Gasteiger partial charge in [0.1, 0.15) is 5.58 Å². The molecule has 3 heterocycles. The maximum atomic E-state index is 5.65. The summed E-state index contributed by atoms with van der Waals surface area (Å²) in [5.74, 6) is 1.69. The molecule has 0 amide bonds. The van der Waals surface area contributed by atoms with Crippen LogP contribution < -0.4 is 0 Å². The summed E-state index contributed by atoms with van der Waals surface area (Å²) >= 11 is 0. The van der Waals surface area contributed by atoms with Crippen molar-refractivity contribution in [3.63, 3.8) is 0 Å². The smallest absolute Gasteiger partial charge is 0.134 e. The second kappa shape index (κ2) is 5.34. The first-order valence-corrected chi connectivity index (χ1v) is 8.22. The predicted octanol–water partition coefficient (Wildman–Crippen LogP) is 4.26. The monoisotopic (exact) mass is 281 g/mol. The minimum atomic E-state index is 0.665. The van der Waals surface area contributed by atoms with E-state index in [4.69, 9.17) is 4.42 Å². The number of benzene rings is 1. The molecule has 1 aliphatic carbocycles. The van der Waals surface area contributed by atoms with Gasteiger partial charge >= 0.3 is 0 Å². The van der Waals surface area contributed by atoms with Gasteiger partial charge < -0.3 is 4.42 Å². The number of nitrogens with zero attached hydrogens (tertiary/aromatic N) is 1. The molecule has 5 rings (SSSR count). The molecule has 1 aromatic carbocycles. The van der Waals surface area contributed by atoms with Crippen LogP contribution in [0.25, 0.3) is 11.0 Å². The zero-order valence-corrected chi connectivity index (χ0v) is 12.7. The van der Waals surface area contributed by atoms with E-state index in [0.29, 0.717) is 6.04 Å². The zero-order valence-electron chi connectivity index (χ0n) is 12.7. The molecule has 1 saturated heterocycles. The van der Waals surface area contributed by atoms with Crippen LogP contribution >= 0.6 is 0 Å². The van der Waals surface area contributed by atoms with Crippen molar-refractivity contribution >= 4 is 11.0 Å². The van der Waals surface area contributed by atoms with E-state index in [1.54, 1.807) is 0 Å². The van der Waals surface area contributed by atoms with Gasteiger partial charge in [0.15, 0.2) is 0 Å². The van der Waals surface area contributed by atoms with Crippen molar-refractivity contribution in [1.82, 2.24) is 4.90 Å². The molecule has 0 saturated carbocycles. The molecule has 2 nitrogen and oxygen atoms in total. The lowest BCUT2D eigenvalue weighted by molar-refractivity contribution is 0.0894. The van der Waals surface area contributed by atoms with Gasteiger partial charge in [-0.1, -0.05) is 43.7 Å². The third kappa shape index (κ3) is 2.32. The van der Waals surface area contributed by atoms with Gasteiger partial charge in [-0.25, -0.2) is 0 Å². The van der Waals surface area contributed by atoms with Crippen LogP contribution in [0.15, 0.2) is 47.1 Å². The van der Waals surface area contributed by atoms with Crippen molar-refractivity contribution in [2.45, 2.75) is 32.2 Å². The van der Waals surface area contributed by atoms with Gasteiger partial charge in [0.25, 0.3) is 0 Å². The molecular formula is C19H23NO. The lowest BCUT2D eigenvalue weighted by atomic mass is 9.75. The number of para-hydroxylation sites is 1. The summed E-state index contributed by atoms with van der Waals surface area (Å²) in [5.41, 5.74) is 2.36. The average molecular weight is 281 g/mol. The lowest BCUT2D eigenvalue weighted by Gasteiger charge is -2.46. The highest BCUT2D eigenvalue weighted by molar-refractivity contribution is 5.80. The van der Waals surface area contributed by atoms with Gasteiger partial charge in [-0.2, -0.15) is 0 Å². The summed E-state index contributed by atoms with van der Waals surface area (Å²) in [6, 6.07) is 9.02. The van der Waals surface area contributed by atoms with Crippen molar-refractivity contribution in [3.8, 4) is 0 Å². The first-order valence-electron chi connectivity index (χ1n) is 8.22. The fourth-order valence-electron chi connectivity index (χ4n) is 4.10. The number of rotatable bonds is 4. The van der Waals surface area contributed by atoms with E-state index in [-0.39, 0.29) is 0 Å². The average Bonchev–Trinajstić information content (AvgIpc) is 2.96. The van der Waals surface area contributed by atoms with E-state index >= 15 is 0 Å². The van der Waals surface area contributed by atoms with Gasteiger partial charge in [0.05, 0.1) is 6.26 Å². The van der Waals surface area contributed by atoms with E-state index in [1.807, 2.05) is 12.3 Å². The van der Waals surface area contributed by atoms with E-state index in [2.05, 4.69) is 42.2 Å². The molecule has 2 heteroatoms. The first kappa shape index (κ1) is 13.1. The van der Waals surface area contributed by atoms with Crippen LogP contribution in [0.2, 0.25) is 0 Å². The Morgan fingerprint density at radius 3 is 2.95 bits per heavy atom. The van der Waals surface area contributed by atoms with Crippen LogP contribution in [0.3, 0.4) is 0 Å². The molecule has 2 aliphatic heterocycles. The number of hydrogen-bond donors (Lipinski definition) is 0. The number of furan rings is 1. The quantitative estimate of drug-likeness (QED) is 0.778. The van der Waals surface area contributed by atoms with E-state index in [0.717, 1.165) is 30.4 Å². The van der Waals surface area contributed by atoms with Crippen molar-refractivity contribution in [3.05, 3.63) is 48.2 Å². The van der Waals surface area contributed by atoms with Gasteiger partial charge in [-0.15, -0.1) is 0 Å². The minimum Gasteiger partial charge on any atom is -0.464 e. The number of fused-ring (bicyclic) bond motifs is 3.